The van der Waals surface area contributed by atoms with E-state index >= 15 is 0 Å². The summed E-state index contributed by atoms with van der Waals surface area (Å²) < 4.78 is 6.79. The number of imidazole rings is 1. The predicted octanol–water partition coefficient (Wildman–Crippen LogP) is 1.37. The van der Waals surface area contributed by atoms with Gasteiger partial charge >= 0.3 is 0 Å². The van der Waals surface area contributed by atoms with Crippen molar-refractivity contribution in [3.05, 3.63) is 54.2 Å². The van der Waals surface area contributed by atoms with Crippen LogP contribution in [0.4, 0.5) is 0 Å². The fourth-order valence-corrected chi connectivity index (χ4v) is 3.23. The summed E-state index contributed by atoms with van der Waals surface area (Å²) in [6, 6.07) is 5.17. The van der Waals surface area contributed by atoms with Crippen LogP contribution in [0, 0.1) is 5.92 Å². The van der Waals surface area contributed by atoms with E-state index in [0.717, 1.165) is 5.56 Å². The van der Waals surface area contributed by atoms with Gasteiger partial charge < -0.3 is 15.2 Å². The van der Waals surface area contributed by atoms with Crippen LogP contribution in [0.25, 0.3) is 5.78 Å². The zero-order chi connectivity index (χ0) is 18.1. The first kappa shape index (κ1) is 16.5. The molecule has 8 nitrogen and oxygen atoms in total. The molecule has 2 N–H and O–H groups in total. The van der Waals surface area contributed by atoms with Gasteiger partial charge in [0.1, 0.15) is 5.69 Å². The van der Waals surface area contributed by atoms with Crippen LogP contribution < -0.4 is 10.1 Å². The second-order valence-electron chi connectivity index (χ2n) is 6.42. The number of fused-ring (bicyclic) bond motifs is 1. The molecule has 8 heteroatoms. The van der Waals surface area contributed by atoms with Gasteiger partial charge in [-0.05, 0) is 30.4 Å². The van der Waals surface area contributed by atoms with Gasteiger partial charge in [0, 0.05) is 30.9 Å². The largest absolute Gasteiger partial charge is 0.481 e. The molecule has 0 bridgehead atoms. The number of nitrogens with zero attached hydrogens (tertiary/aromatic N) is 4. The molecule has 0 radical (unpaired) electrons. The molecule has 3 heterocycles. The molecule has 3 aromatic heterocycles. The molecule has 0 unspecified atom stereocenters. The van der Waals surface area contributed by atoms with Gasteiger partial charge in [0.05, 0.1) is 19.3 Å². The lowest BCUT2D eigenvalue weighted by Gasteiger charge is -2.38. The van der Waals surface area contributed by atoms with E-state index < -0.39 is 0 Å². The Bertz CT molecular complexity index is 885. The van der Waals surface area contributed by atoms with E-state index in [4.69, 9.17) is 4.74 Å². The quantitative estimate of drug-likeness (QED) is 0.718. The summed E-state index contributed by atoms with van der Waals surface area (Å²) >= 11 is 0. The Balaban J connectivity index is 1.58. The number of aliphatic hydroxyl groups is 1. The standard InChI is InChI=1S/C18H19N5O3/c1-26-15-4-3-11(9-20-15)16(12-7-13(24)8-12)22-17(25)14-10-23-6-2-5-19-18(23)21-14/h2-6,9-10,12-13,16,24H,7-8H2,1H3,(H,22,25)/t12?,13?,16-/m0/s1. The molecule has 1 atom stereocenters. The van der Waals surface area contributed by atoms with E-state index in [9.17, 15) is 9.90 Å². The summed E-state index contributed by atoms with van der Waals surface area (Å²) in [5, 5.41) is 12.7. The highest BCUT2D eigenvalue weighted by atomic mass is 16.5. The van der Waals surface area contributed by atoms with Crippen molar-refractivity contribution in [2.24, 2.45) is 5.92 Å². The third kappa shape index (κ3) is 3.11. The van der Waals surface area contributed by atoms with Crippen LogP contribution >= 0.6 is 0 Å². The van der Waals surface area contributed by atoms with Crippen molar-refractivity contribution >= 4 is 11.7 Å². The molecular weight excluding hydrogens is 334 g/mol. The van der Waals surface area contributed by atoms with Crippen molar-refractivity contribution in [3.63, 3.8) is 0 Å². The SMILES string of the molecule is COc1ccc([C@H](NC(=O)c2cn3cccnc3n2)C2CC(O)C2)cn1. The molecule has 0 aliphatic heterocycles. The number of ether oxygens (including phenoxy) is 1. The van der Waals surface area contributed by atoms with Crippen LogP contribution in [0.5, 0.6) is 5.88 Å². The third-order valence-electron chi connectivity index (χ3n) is 4.70. The molecule has 1 aliphatic rings. The van der Waals surface area contributed by atoms with Crippen molar-refractivity contribution in [1.29, 1.82) is 0 Å². The van der Waals surface area contributed by atoms with Crippen LogP contribution in [-0.2, 0) is 0 Å². The summed E-state index contributed by atoms with van der Waals surface area (Å²) in [5.41, 5.74) is 1.17. The Morgan fingerprint density at radius 1 is 1.38 bits per heavy atom. The number of aromatic nitrogens is 4. The Kier molecular flexibility index (Phi) is 4.26. The number of methoxy groups -OCH3 is 1. The Labute approximate surface area is 149 Å². The second kappa shape index (κ2) is 6.72. The number of nitrogens with one attached hydrogen (secondary N) is 1. The van der Waals surface area contributed by atoms with Gasteiger partial charge in [-0.15, -0.1) is 0 Å². The molecular formula is C18H19N5O3. The highest BCUT2D eigenvalue weighted by molar-refractivity contribution is 5.93. The Morgan fingerprint density at radius 3 is 2.88 bits per heavy atom. The van der Waals surface area contributed by atoms with E-state index in [1.807, 2.05) is 6.07 Å². The minimum Gasteiger partial charge on any atom is -0.481 e. The van der Waals surface area contributed by atoms with Gasteiger partial charge in [-0.2, -0.15) is 0 Å². The fraction of sp³-hybridized carbons (Fsp3) is 0.333. The van der Waals surface area contributed by atoms with Crippen molar-refractivity contribution in [2.75, 3.05) is 7.11 Å². The molecule has 1 amide bonds. The lowest BCUT2D eigenvalue weighted by molar-refractivity contribution is 0.0234. The summed E-state index contributed by atoms with van der Waals surface area (Å²) in [7, 11) is 1.56. The molecule has 1 aliphatic carbocycles. The number of carbonyl (C=O) groups excluding carboxylic acids is 1. The average Bonchev–Trinajstić information content (AvgIpc) is 3.08. The maximum Gasteiger partial charge on any atom is 0.272 e. The van der Waals surface area contributed by atoms with E-state index in [1.165, 1.54) is 0 Å². The Morgan fingerprint density at radius 2 is 2.23 bits per heavy atom. The van der Waals surface area contributed by atoms with Crippen LogP contribution in [0.15, 0.2) is 43.0 Å². The highest BCUT2D eigenvalue weighted by Crippen LogP contribution is 2.38. The number of rotatable bonds is 5. The number of hydrogen-bond donors (Lipinski definition) is 2. The smallest absolute Gasteiger partial charge is 0.272 e. The molecule has 1 fully saturated rings. The van der Waals surface area contributed by atoms with Crippen molar-refractivity contribution in [1.82, 2.24) is 24.7 Å². The minimum absolute atomic E-state index is 0.152. The monoisotopic (exact) mass is 353 g/mol. The highest BCUT2D eigenvalue weighted by Gasteiger charge is 2.36. The van der Waals surface area contributed by atoms with E-state index in [-0.39, 0.29) is 24.0 Å². The van der Waals surface area contributed by atoms with E-state index in [0.29, 0.717) is 30.2 Å². The van der Waals surface area contributed by atoms with Crippen LogP contribution in [0.3, 0.4) is 0 Å². The lowest BCUT2D eigenvalue weighted by atomic mass is 9.75. The first-order chi connectivity index (χ1) is 12.6. The van der Waals surface area contributed by atoms with Crippen LogP contribution in [0.2, 0.25) is 0 Å². The molecule has 0 aromatic carbocycles. The number of aliphatic hydroxyl groups excluding tert-OH is 1. The molecule has 0 spiro atoms. The Hall–Kier alpha value is -3.00. The van der Waals surface area contributed by atoms with Gasteiger partial charge in [0.25, 0.3) is 5.91 Å². The maximum atomic E-state index is 12.7. The first-order valence-corrected chi connectivity index (χ1v) is 8.42. The van der Waals surface area contributed by atoms with Crippen LogP contribution in [0.1, 0.15) is 34.9 Å². The zero-order valence-corrected chi connectivity index (χ0v) is 14.2. The summed E-state index contributed by atoms with van der Waals surface area (Å²) in [4.78, 5) is 25.3. The topological polar surface area (TPSA) is 102 Å². The number of hydrogen-bond acceptors (Lipinski definition) is 6. The fourth-order valence-electron chi connectivity index (χ4n) is 3.23. The lowest BCUT2D eigenvalue weighted by Crippen LogP contribution is -2.41. The minimum atomic E-state index is -0.315. The van der Waals surface area contributed by atoms with Gasteiger partial charge in [-0.3, -0.25) is 9.20 Å². The molecule has 1 saturated carbocycles. The maximum absolute atomic E-state index is 12.7. The molecule has 134 valence electrons. The second-order valence-corrected chi connectivity index (χ2v) is 6.42. The third-order valence-corrected chi connectivity index (χ3v) is 4.70. The molecule has 26 heavy (non-hydrogen) atoms. The average molecular weight is 353 g/mol. The summed E-state index contributed by atoms with van der Waals surface area (Å²) in [5.74, 6) is 0.857. The van der Waals surface area contributed by atoms with Gasteiger partial charge in [0.2, 0.25) is 11.7 Å². The van der Waals surface area contributed by atoms with Crippen molar-refractivity contribution in [2.45, 2.75) is 25.0 Å². The number of pyridine rings is 1. The van der Waals surface area contributed by atoms with E-state index in [2.05, 4.69) is 20.3 Å². The van der Waals surface area contributed by atoms with E-state index in [1.54, 1.807) is 48.4 Å². The van der Waals surface area contributed by atoms with Gasteiger partial charge in [-0.25, -0.2) is 15.0 Å². The summed E-state index contributed by atoms with van der Waals surface area (Å²) in [6.45, 7) is 0. The van der Waals surface area contributed by atoms with Gasteiger partial charge in [0.15, 0.2) is 0 Å². The predicted molar refractivity (Wildman–Crippen MR) is 92.7 cm³/mol. The normalized spacial score (nSPS) is 20.4. The summed E-state index contributed by atoms with van der Waals surface area (Å²) in [6.07, 6.45) is 7.74. The first-order valence-electron chi connectivity index (χ1n) is 8.42. The zero-order valence-electron chi connectivity index (χ0n) is 14.2. The molecule has 3 aromatic rings. The van der Waals surface area contributed by atoms with Crippen molar-refractivity contribution < 1.29 is 14.6 Å². The molecule has 4 rings (SSSR count). The van der Waals surface area contributed by atoms with Crippen molar-refractivity contribution in [3.8, 4) is 5.88 Å². The van der Waals surface area contributed by atoms with Crippen LogP contribution in [-0.4, -0.2) is 43.6 Å². The van der Waals surface area contributed by atoms with Gasteiger partial charge in [-0.1, -0.05) is 6.07 Å². The number of carbonyl (C=O) groups is 1. The number of amides is 1. The molecule has 0 saturated heterocycles.